The second-order valence-corrected chi connectivity index (χ2v) is 14.0. The van der Waals surface area contributed by atoms with Crippen LogP contribution in [0.15, 0.2) is 77.3 Å². The topological polar surface area (TPSA) is 86.8 Å². The maximum absolute atomic E-state index is 14.3. The quantitative estimate of drug-likeness (QED) is 0.278. The van der Waals surface area contributed by atoms with Gasteiger partial charge in [-0.1, -0.05) is 95.4 Å². The largest absolute Gasteiger partial charge is 0.352 e. The molecule has 0 aliphatic heterocycles. The summed E-state index contributed by atoms with van der Waals surface area (Å²) in [6, 6.07) is 21.9. The molecule has 7 nitrogen and oxygen atoms in total. The van der Waals surface area contributed by atoms with E-state index in [-0.39, 0.29) is 18.5 Å². The number of aryl methyl sites for hydroxylation is 2. The number of rotatable bonds is 11. The summed E-state index contributed by atoms with van der Waals surface area (Å²) in [4.78, 5) is 29.8. The van der Waals surface area contributed by atoms with E-state index < -0.39 is 28.5 Å². The van der Waals surface area contributed by atoms with Crippen molar-refractivity contribution in [2.45, 2.75) is 71.0 Å². The van der Waals surface area contributed by atoms with Gasteiger partial charge in [0, 0.05) is 23.5 Å². The molecule has 0 radical (unpaired) electrons. The minimum atomic E-state index is -3.81. The van der Waals surface area contributed by atoms with Gasteiger partial charge < -0.3 is 10.2 Å². The summed E-state index contributed by atoms with van der Waals surface area (Å²) in [6.45, 7) is 3.60. The van der Waals surface area contributed by atoms with Crippen LogP contribution in [0.2, 0.25) is 0 Å². The molecule has 1 unspecified atom stereocenters. The van der Waals surface area contributed by atoms with Crippen molar-refractivity contribution < 1.29 is 18.0 Å². The van der Waals surface area contributed by atoms with Gasteiger partial charge in [-0.15, -0.1) is 0 Å². The first-order chi connectivity index (χ1) is 20.0. The smallest absolute Gasteiger partial charge is 0.244 e. The Morgan fingerprint density at radius 3 is 2.26 bits per heavy atom. The lowest BCUT2D eigenvalue weighted by molar-refractivity contribution is -0.140. The first-order valence-electron chi connectivity index (χ1n) is 14.4. The molecule has 1 atom stereocenters. The number of anilines is 1. The van der Waals surface area contributed by atoms with Crippen LogP contribution in [0.3, 0.4) is 0 Å². The molecule has 9 heteroatoms. The number of hydrogen-bond donors (Lipinski definition) is 1. The van der Waals surface area contributed by atoms with Crippen molar-refractivity contribution >= 4 is 43.5 Å². The highest BCUT2D eigenvalue weighted by Crippen LogP contribution is 2.26. The Bertz CT molecular complexity index is 1490. The first-order valence-corrected chi connectivity index (χ1v) is 17.1. The van der Waals surface area contributed by atoms with E-state index in [0.29, 0.717) is 12.1 Å². The molecule has 224 valence electrons. The molecule has 1 aliphatic rings. The molecule has 0 heterocycles. The molecule has 0 spiro atoms. The molecule has 1 N–H and O–H groups in total. The van der Waals surface area contributed by atoms with Gasteiger partial charge in [-0.2, -0.15) is 0 Å². The number of nitrogens with one attached hydrogen (secondary N) is 1. The Morgan fingerprint density at radius 2 is 1.62 bits per heavy atom. The zero-order valence-electron chi connectivity index (χ0n) is 24.6. The van der Waals surface area contributed by atoms with E-state index in [1.807, 2.05) is 68.4 Å². The van der Waals surface area contributed by atoms with Crippen molar-refractivity contribution in [1.82, 2.24) is 10.2 Å². The van der Waals surface area contributed by atoms with Crippen LogP contribution in [-0.2, 0) is 32.6 Å². The second kappa shape index (κ2) is 14.3. The zero-order chi connectivity index (χ0) is 30.3. The average molecular weight is 655 g/mol. The summed E-state index contributed by atoms with van der Waals surface area (Å²) in [6.07, 6.45) is 6.54. The van der Waals surface area contributed by atoms with E-state index in [4.69, 9.17) is 0 Å². The molecular formula is C33H40BrN3O4S. The van der Waals surface area contributed by atoms with E-state index in [1.165, 1.54) is 0 Å². The van der Waals surface area contributed by atoms with Gasteiger partial charge in [0.2, 0.25) is 21.8 Å². The van der Waals surface area contributed by atoms with Gasteiger partial charge in [0.1, 0.15) is 12.6 Å². The Labute approximate surface area is 258 Å². The van der Waals surface area contributed by atoms with Crippen LogP contribution in [0.1, 0.15) is 54.4 Å². The second-order valence-electron chi connectivity index (χ2n) is 11.3. The fraction of sp³-hybridized carbons (Fsp3) is 0.394. The number of carbonyl (C=O) groups excluding carboxylic acids is 2. The third-order valence-corrected chi connectivity index (χ3v) is 9.80. The Morgan fingerprint density at radius 1 is 0.929 bits per heavy atom. The number of halogens is 1. The molecule has 0 bridgehead atoms. The van der Waals surface area contributed by atoms with Crippen LogP contribution in [0.4, 0.5) is 5.69 Å². The van der Waals surface area contributed by atoms with Crippen molar-refractivity contribution in [1.29, 1.82) is 0 Å². The van der Waals surface area contributed by atoms with Gasteiger partial charge in [-0.25, -0.2) is 8.42 Å². The van der Waals surface area contributed by atoms with Gasteiger partial charge in [-0.3, -0.25) is 13.9 Å². The van der Waals surface area contributed by atoms with Gasteiger partial charge in [-0.05, 0) is 61.6 Å². The van der Waals surface area contributed by atoms with Gasteiger partial charge in [0.25, 0.3) is 0 Å². The van der Waals surface area contributed by atoms with Gasteiger partial charge in [0.15, 0.2) is 0 Å². The van der Waals surface area contributed by atoms with E-state index in [1.54, 1.807) is 23.1 Å². The summed E-state index contributed by atoms with van der Waals surface area (Å²) < 4.78 is 28.0. The van der Waals surface area contributed by atoms with E-state index in [0.717, 1.165) is 69.4 Å². The highest BCUT2D eigenvalue weighted by molar-refractivity contribution is 9.10. The average Bonchev–Trinajstić information content (AvgIpc) is 2.95. The lowest BCUT2D eigenvalue weighted by Gasteiger charge is -2.35. The monoisotopic (exact) mass is 653 g/mol. The third-order valence-electron chi connectivity index (χ3n) is 7.77. The third kappa shape index (κ3) is 8.67. The molecule has 1 aliphatic carbocycles. The number of hydrogen-bond acceptors (Lipinski definition) is 4. The van der Waals surface area contributed by atoms with Gasteiger partial charge >= 0.3 is 0 Å². The summed E-state index contributed by atoms with van der Waals surface area (Å²) in [7, 11) is -3.81. The fourth-order valence-electron chi connectivity index (χ4n) is 5.50. The number of sulfonamides is 1. The molecule has 42 heavy (non-hydrogen) atoms. The highest BCUT2D eigenvalue weighted by atomic mass is 79.9. The summed E-state index contributed by atoms with van der Waals surface area (Å²) >= 11 is 3.47. The molecule has 1 saturated carbocycles. The van der Waals surface area contributed by atoms with Crippen molar-refractivity contribution in [2.75, 3.05) is 17.1 Å². The van der Waals surface area contributed by atoms with E-state index >= 15 is 0 Å². The lowest BCUT2D eigenvalue weighted by atomic mass is 9.94. The molecule has 0 saturated heterocycles. The minimum Gasteiger partial charge on any atom is -0.352 e. The first kappa shape index (κ1) is 31.8. The molecule has 0 aromatic heterocycles. The number of nitrogens with zero attached hydrogens (tertiary/aromatic N) is 2. The van der Waals surface area contributed by atoms with Crippen molar-refractivity contribution in [3.05, 3.63) is 99.5 Å². The number of amides is 2. The maximum Gasteiger partial charge on any atom is 0.244 e. The predicted octanol–water partition coefficient (Wildman–Crippen LogP) is 5.92. The van der Waals surface area contributed by atoms with Crippen molar-refractivity contribution in [3.8, 4) is 0 Å². The molecule has 1 fully saturated rings. The predicted molar refractivity (Wildman–Crippen MR) is 172 cm³/mol. The fourth-order valence-corrected chi connectivity index (χ4v) is 6.59. The summed E-state index contributed by atoms with van der Waals surface area (Å²) in [5.74, 6) is -0.653. The molecule has 3 aromatic rings. The summed E-state index contributed by atoms with van der Waals surface area (Å²) in [5, 5.41) is 3.23. The Balaban J connectivity index is 1.73. The molecule has 4 rings (SSSR count). The standard InChI is InChI=1S/C33H40BrN3O4S/c1-24-11-10-14-27(19-24)22-36(32(38)23-37(42(3,40)41)29-17-18-30(34)25(2)20-29)31(21-26-12-6-4-7-13-26)33(39)35-28-15-8-5-9-16-28/h4,6-7,10-14,17-20,28,31H,5,8-9,15-16,21-23H2,1-3H3,(H,35,39). The Kier molecular flexibility index (Phi) is 10.8. The van der Waals surface area contributed by atoms with Crippen LogP contribution in [-0.4, -0.2) is 50.0 Å². The Hall–Kier alpha value is -3.17. The lowest BCUT2D eigenvalue weighted by Crippen LogP contribution is -2.55. The maximum atomic E-state index is 14.3. The van der Waals surface area contributed by atoms with Crippen LogP contribution in [0, 0.1) is 13.8 Å². The molecule has 3 aromatic carbocycles. The molecular weight excluding hydrogens is 614 g/mol. The van der Waals surface area contributed by atoms with Crippen molar-refractivity contribution in [3.63, 3.8) is 0 Å². The van der Waals surface area contributed by atoms with Crippen LogP contribution < -0.4 is 9.62 Å². The molecule has 2 amide bonds. The number of benzene rings is 3. The highest BCUT2D eigenvalue weighted by Gasteiger charge is 2.34. The number of carbonyl (C=O) groups is 2. The van der Waals surface area contributed by atoms with Crippen molar-refractivity contribution in [2.24, 2.45) is 0 Å². The van der Waals surface area contributed by atoms with Crippen LogP contribution >= 0.6 is 15.9 Å². The zero-order valence-corrected chi connectivity index (χ0v) is 27.0. The van der Waals surface area contributed by atoms with E-state index in [2.05, 4.69) is 21.2 Å². The van der Waals surface area contributed by atoms with Gasteiger partial charge in [0.05, 0.1) is 11.9 Å². The SMILES string of the molecule is Cc1cccc(CN(C(=O)CN(c2ccc(Br)c(C)c2)S(C)(=O)=O)C(Cc2ccccc2)C(=O)NC2CCCCC2)c1. The van der Waals surface area contributed by atoms with E-state index in [9.17, 15) is 18.0 Å². The minimum absolute atomic E-state index is 0.0682. The van der Waals surface area contributed by atoms with Crippen LogP contribution in [0.25, 0.3) is 0 Å². The summed E-state index contributed by atoms with van der Waals surface area (Å²) in [5.41, 5.74) is 4.07. The van der Waals surface area contributed by atoms with Crippen LogP contribution in [0.5, 0.6) is 0 Å². The normalized spacial score (nSPS) is 14.7.